The highest BCUT2D eigenvalue weighted by Gasteiger charge is 2.10. The number of carboxylic acids is 1. The van der Waals surface area contributed by atoms with E-state index in [0.29, 0.717) is 6.54 Å². The van der Waals surface area contributed by atoms with Crippen LogP contribution in [0.15, 0.2) is 0 Å². The molecule has 5 heteroatoms. The standard InChI is InChI=1S/C5H11NO3.ClH/c1-6-3-2-4(7)5(8)9;/h4,6-7H,2-3H2,1H3,(H,8,9);1H. The molecular weight excluding hydrogens is 158 g/mol. The van der Waals surface area contributed by atoms with Crippen molar-refractivity contribution in [2.24, 2.45) is 0 Å². The van der Waals surface area contributed by atoms with E-state index in [1.54, 1.807) is 7.05 Å². The summed E-state index contributed by atoms with van der Waals surface area (Å²) >= 11 is 0. The topological polar surface area (TPSA) is 69.6 Å². The summed E-state index contributed by atoms with van der Waals surface area (Å²) in [4.78, 5) is 9.93. The van der Waals surface area contributed by atoms with E-state index in [4.69, 9.17) is 10.2 Å². The average molecular weight is 170 g/mol. The predicted octanol–water partition coefficient (Wildman–Crippen LogP) is -0.537. The molecule has 0 bridgehead atoms. The van der Waals surface area contributed by atoms with Gasteiger partial charge in [-0.05, 0) is 20.0 Å². The molecule has 0 heterocycles. The van der Waals surface area contributed by atoms with Crippen LogP contribution < -0.4 is 5.32 Å². The van der Waals surface area contributed by atoms with Gasteiger partial charge in [-0.2, -0.15) is 0 Å². The van der Waals surface area contributed by atoms with Gasteiger partial charge in [-0.1, -0.05) is 0 Å². The van der Waals surface area contributed by atoms with Gasteiger partial charge in [0.15, 0.2) is 6.10 Å². The Hall–Kier alpha value is -0.320. The van der Waals surface area contributed by atoms with Crippen LogP contribution in [0.3, 0.4) is 0 Å². The first-order chi connectivity index (χ1) is 4.18. The summed E-state index contributed by atoms with van der Waals surface area (Å²) in [6.07, 6.45) is -0.969. The Morgan fingerprint density at radius 3 is 2.50 bits per heavy atom. The van der Waals surface area contributed by atoms with Crippen LogP contribution in [-0.4, -0.2) is 35.9 Å². The summed E-state index contributed by atoms with van der Waals surface area (Å²) in [7, 11) is 1.70. The molecule has 0 rings (SSSR count). The van der Waals surface area contributed by atoms with E-state index in [9.17, 15) is 4.79 Å². The maximum absolute atomic E-state index is 9.93. The molecule has 0 saturated heterocycles. The van der Waals surface area contributed by atoms with E-state index >= 15 is 0 Å². The predicted molar refractivity (Wildman–Crippen MR) is 39.4 cm³/mol. The van der Waals surface area contributed by atoms with Crippen molar-refractivity contribution in [3.8, 4) is 0 Å². The highest BCUT2D eigenvalue weighted by Crippen LogP contribution is 1.87. The molecule has 1 unspecified atom stereocenters. The molecule has 0 aromatic rings. The first kappa shape index (κ1) is 12.4. The molecule has 1 atom stereocenters. The molecule has 0 aliphatic carbocycles. The Bertz CT molecular complexity index is 98.9. The lowest BCUT2D eigenvalue weighted by Gasteiger charge is -2.02. The number of aliphatic carboxylic acids is 1. The minimum Gasteiger partial charge on any atom is -0.479 e. The minimum atomic E-state index is -1.22. The Balaban J connectivity index is 0. The van der Waals surface area contributed by atoms with E-state index in [1.807, 2.05) is 0 Å². The number of rotatable bonds is 4. The van der Waals surface area contributed by atoms with Gasteiger partial charge in [0.25, 0.3) is 0 Å². The summed E-state index contributed by atoms with van der Waals surface area (Å²) in [5.41, 5.74) is 0. The average Bonchev–Trinajstić information content (AvgIpc) is 1.82. The summed E-state index contributed by atoms with van der Waals surface area (Å²) in [5.74, 6) is -1.16. The smallest absolute Gasteiger partial charge is 0.332 e. The molecule has 4 nitrogen and oxygen atoms in total. The van der Waals surface area contributed by atoms with E-state index in [1.165, 1.54) is 0 Å². The highest BCUT2D eigenvalue weighted by molar-refractivity contribution is 5.85. The molecule has 62 valence electrons. The second-order valence-electron chi connectivity index (χ2n) is 1.75. The van der Waals surface area contributed by atoms with Crippen LogP contribution in [0.5, 0.6) is 0 Å². The fourth-order valence-corrected chi connectivity index (χ4v) is 0.405. The SMILES string of the molecule is CNCCC(O)C(=O)O.Cl. The van der Waals surface area contributed by atoms with E-state index in [2.05, 4.69) is 5.32 Å². The van der Waals surface area contributed by atoms with Gasteiger partial charge in [0.2, 0.25) is 0 Å². The quantitative estimate of drug-likeness (QED) is 0.529. The molecule has 0 radical (unpaired) electrons. The van der Waals surface area contributed by atoms with Gasteiger partial charge >= 0.3 is 5.97 Å². The van der Waals surface area contributed by atoms with E-state index < -0.39 is 12.1 Å². The lowest BCUT2D eigenvalue weighted by molar-refractivity contribution is -0.146. The molecule has 0 aromatic heterocycles. The number of hydrogen-bond donors (Lipinski definition) is 3. The van der Waals surface area contributed by atoms with Gasteiger partial charge < -0.3 is 15.5 Å². The van der Waals surface area contributed by atoms with Crippen molar-refractivity contribution in [2.45, 2.75) is 12.5 Å². The van der Waals surface area contributed by atoms with Crippen LogP contribution in [0.25, 0.3) is 0 Å². The van der Waals surface area contributed by atoms with Crippen LogP contribution in [0.4, 0.5) is 0 Å². The van der Waals surface area contributed by atoms with E-state index in [-0.39, 0.29) is 18.8 Å². The summed E-state index contributed by atoms with van der Waals surface area (Å²) < 4.78 is 0. The fourth-order valence-electron chi connectivity index (χ4n) is 0.405. The molecule has 0 amide bonds. The van der Waals surface area contributed by atoms with Gasteiger partial charge in [0.1, 0.15) is 0 Å². The molecule has 0 saturated carbocycles. The summed E-state index contributed by atoms with van der Waals surface area (Å²) in [6.45, 7) is 0.521. The van der Waals surface area contributed by atoms with Gasteiger partial charge in [-0.25, -0.2) is 4.79 Å². The third-order valence-electron chi connectivity index (χ3n) is 0.953. The number of halogens is 1. The van der Waals surface area contributed by atoms with Crippen molar-refractivity contribution in [1.82, 2.24) is 5.32 Å². The zero-order valence-electron chi connectivity index (χ0n) is 5.70. The van der Waals surface area contributed by atoms with Crippen molar-refractivity contribution >= 4 is 18.4 Å². The van der Waals surface area contributed by atoms with Crippen molar-refractivity contribution in [1.29, 1.82) is 0 Å². The Labute approximate surface area is 65.7 Å². The van der Waals surface area contributed by atoms with Crippen molar-refractivity contribution in [2.75, 3.05) is 13.6 Å². The monoisotopic (exact) mass is 169 g/mol. The number of aliphatic hydroxyl groups excluding tert-OH is 1. The zero-order chi connectivity index (χ0) is 7.28. The third-order valence-corrected chi connectivity index (χ3v) is 0.953. The fraction of sp³-hybridized carbons (Fsp3) is 0.800. The van der Waals surface area contributed by atoms with Gasteiger partial charge in [-0.3, -0.25) is 0 Å². The number of carboxylic acid groups (broad SMARTS) is 1. The first-order valence-corrected chi connectivity index (χ1v) is 2.74. The summed E-state index contributed by atoms with van der Waals surface area (Å²) in [5, 5.41) is 19.5. The second-order valence-corrected chi connectivity index (χ2v) is 1.75. The van der Waals surface area contributed by atoms with Crippen LogP contribution in [0.2, 0.25) is 0 Å². The number of hydrogen-bond acceptors (Lipinski definition) is 3. The Kier molecular flexibility index (Phi) is 8.40. The van der Waals surface area contributed by atoms with Crippen LogP contribution >= 0.6 is 12.4 Å². The van der Waals surface area contributed by atoms with Gasteiger partial charge in [-0.15, -0.1) is 12.4 Å². The van der Waals surface area contributed by atoms with Crippen LogP contribution in [0.1, 0.15) is 6.42 Å². The minimum absolute atomic E-state index is 0. The highest BCUT2D eigenvalue weighted by atomic mass is 35.5. The molecule has 3 N–H and O–H groups in total. The van der Waals surface area contributed by atoms with Crippen molar-refractivity contribution in [3.63, 3.8) is 0 Å². The number of aliphatic hydroxyl groups is 1. The maximum Gasteiger partial charge on any atom is 0.332 e. The molecule has 0 spiro atoms. The Morgan fingerprint density at radius 2 is 2.20 bits per heavy atom. The van der Waals surface area contributed by atoms with Crippen LogP contribution in [-0.2, 0) is 4.79 Å². The zero-order valence-corrected chi connectivity index (χ0v) is 6.52. The van der Waals surface area contributed by atoms with E-state index in [0.717, 1.165) is 0 Å². The molecule has 0 aromatic carbocycles. The largest absolute Gasteiger partial charge is 0.479 e. The lowest BCUT2D eigenvalue weighted by atomic mass is 10.2. The van der Waals surface area contributed by atoms with Gasteiger partial charge in [0, 0.05) is 0 Å². The molecule has 0 aliphatic heterocycles. The van der Waals surface area contributed by atoms with Crippen LogP contribution in [0, 0.1) is 0 Å². The second kappa shape index (κ2) is 6.80. The number of carbonyl (C=O) groups is 1. The summed E-state index contributed by atoms with van der Waals surface area (Å²) in [6, 6.07) is 0. The number of nitrogens with one attached hydrogen (secondary N) is 1. The molecule has 10 heavy (non-hydrogen) atoms. The normalized spacial score (nSPS) is 11.8. The molecule has 0 aliphatic rings. The third kappa shape index (κ3) is 5.81. The maximum atomic E-state index is 9.93. The first-order valence-electron chi connectivity index (χ1n) is 2.74. The lowest BCUT2D eigenvalue weighted by Crippen LogP contribution is -2.24. The van der Waals surface area contributed by atoms with Gasteiger partial charge in [0.05, 0.1) is 0 Å². The molecular formula is C5H12ClNO3. The van der Waals surface area contributed by atoms with Crippen molar-refractivity contribution in [3.05, 3.63) is 0 Å². The molecule has 0 fully saturated rings. The van der Waals surface area contributed by atoms with Crippen molar-refractivity contribution < 1.29 is 15.0 Å². The Morgan fingerprint density at radius 1 is 1.70 bits per heavy atom.